The molecule has 0 saturated heterocycles. The minimum Gasteiger partial charge on any atom is -0.464 e. The Hall–Kier alpha value is -3.02. The molecule has 3 rings (SSSR count). The molecule has 6 nitrogen and oxygen atoms in total. The van der Waals surface area contributed by atoms with Crippen molar-refractivity contribution in [2.24, 2.45) is 0 Å². The van der Waals surface area contributed by atoms with Crippen molar-refractivity contribution in [3.8, 4) is 0 Å². The fourth-order valence-corrected chi connectivity index (χ4v) is 2.26. The summed E-state index contributed by atoms with van der Waals surface area (Å²) in [6.07, 6.45) is 1.83. The largest absolute Gasteiger partial charge is 0.464 e. The maximum Gasteiger partial charge on any atom is 0.354 e. The summed E-state index contributed by atoms with van der Waals surface area (Å²) < 4.78 is 4.67. The van der Waals surface area contributed by atoms with Gasteiger partial charge in [0, 0.05) is 16.8 Å². The highest BCUT2D eigenvalue weighted by Gasteiger charge is 2.18. The van der Waals surface area contributed by atoms with Crippen LogP contribution in [0.25, 0.3) is 6.08 Å². The number of carbonyl (C=O) groups is 2. The number of hydrogen-bond acceptors (Lipinski definition) is 4. The second-order valence-electron chi connectivity index (χ2n) is 4.85. The Morgan fingerprint density at radius 1 is 1.23 bits per heavy atom. The van der Waals surface area contributed by atoms with E-state index in [1.54, 1.807) is 18.2 Å². The third-order valence-corrected chi connectivity index (χ3v) is 3.35. The number of H-pyrrole nitrogens is 1. The van der Waals surface area contributed by atoms with Crippen LogP contribution in [-0.4, -0.2) is 30.5 Å². The van der Waals surface area contributed by atoms with Gasteiger partial charge in [0.2, 0.25) is 0 Å². The third kappa shape index (κ3) is 2.71. The molecule has 1 aromatic heterocycles. The van der Waals surface area contributed by atoms with E-state index in [4.69, 9.17) is 0 Å². The van der Waals surface area contributed by atoms with Crippen molar-refractivity contribution in [1.82, 2.24) is 10.3 Å². The van der Waals surface area contributed by atoms with Crippen molar-refractivity contribution in [2.45, 2.75) is 0 Å². The molecule has 0 spiro atoms. The van der Waals surface area contributed by atoms with Gasteiger partial charge in [0.15, 0.2) is 0 Å². The third-order valence-electron chi connectivity index (χ3n) is 3.35. The summed E-state index contributed by atoms with van der Waals surface area (Å²) in [5.41, 5.74) is 2.50. The minimum absolute atomic E-state index is 0.166. The average molecular weight is 297 g/mol. The van der Waals surface area contributed by atoms with Crippen LogP contribution in [0.3, 0.4) is 0 Å². The SMILES string of the molecule is COC(=O)c1cc2c([nH]1)NCC(NC(=O)c1ccccc1)=C2. The minimum atomic E-state index is -0.431. The number of anilines is 1. The van der Waals surface area contributed by atoms with E-state index in [0.717, 1.165) is 17.1 Å². The number of hydrogen-bond donors (Lipinski definition) is 3. The number of benzene rings is 1. The van der Waals surface area contributed by atoms with Gasteiger partial charge in [-0.25, -0.2) is 4.79 Å². The molecule has 0 aliphatic carbocycles. The molecule has 22 heavy (non-hydrogen) atoms. The lowest BCUT2D eigenvalue weighted by Crippen LogP contribution is -2.28. The van der Waals surface area contributed by atoms with Crippen molar-refractivity contribution in [3.05, 3.63) is 58.9 Å². The molecule has 1 aromatic carbocycles. The van der Waals surface area contributed by atoms with Crippen LogP contribution in [-0.2, 0) is 4.74 Å². The summed E-state index contributed by atoms with van der Waals surface area (Å²) in [7, 11) is 1.33. The van der Waals surface area contributed by atoms with Gasteiger partial charge in [0.05, 0.1) is 13.7 Å². The molecule has 1 amide bonds. The van der Waals surface area contributed by atoms with Crippen molar-refractivity contribution >= 4 is 23.8 Å². The zero-order valence-corrected chi connectivity index (χ0v) is 12.0. The predicted octanol–water partition coefficient (Wildman–Crippen LogP) is 2.00. The molecule has 112 valence electrons. The lowest BCUT2D eigenvalue weighted by atomic mass is 10.1. The van der Waals surface area contributed by atoms with Crippen molar-refractivity contribution < 1.29 is 14.3 Å². The van der Waals surface area contributed by atoms with Gasteiger partial charge in [-0.2, -0.15) is 0 Å². The van der Waals surface area contributed by atoms with Crippen molar-refractivity contribution in [3.63, 3.8) is 0 Å². The molecule has 1 aliphatic heterocycles. The highest BCUT2D eigenvalue weighted by Crippen LogP contribution is 2.23. The topological polar surface area (TPSA) is 83.2 Å². The van der Waals surface area contributed by atoms with E-state index in [1.807, 2.05) is 24.3 Å². The van der Waals surface area contributed by atoms with Crippen LogP contribution in [0.5, 0.6) is 0 Å². The molecule has 0 bridgehead atoms. The molecule has 3 N–H and O–H groups in total. The number of fused-ring (bicyclic) bond motifs is 1. The average Bonchev–Trinajstić information content (AvgIpc) is 2.98. The van der Waals surface area contributed by atoms with E-state index in [0.29, 0.717) is 17.8 Å². The highest BCUT2D eigenvalue weighted by molar-refractivity contribution is 5.96. The summed E-state index contributed by atoms with van der Waals surface area (Å²) in [4.78, 5) is 26.6. The molecule has 2 aromatic rings. The molecule has 0 unspecified atom stereocenters. The molecule has 1 aliphatic rings. The van der Waals surface area contributed by atoms with Gasteiger partial charge in [-0.15, -0.1) is 0 Å². The lowest BCUT2D eigenvalue weighted by Gasteiger charge is -2.16. The van der Waals surface area contributed by atoms with Crippen LogP contribution in [0.1, 0.15) is 26.4 Å². The highest BCUT2D eigenvalue weighted by atomic mass is 16.5. The van der Waals surface area contributed by atoms with Gasteiger partial charge < -0.3 is 20.4 Å². The number of carbonyl (C=O) groups excluding carboxylic acids is 2. The number of aromatic nitrogens is 1. The number of rotatable bonds is 3. The first-order valence-corrected chi connectivity index (χ1v) is 6.79. The summed E-state index contributed by atoms with van der Waals surface area (Å²) in [5, 5.41) is 5.98. The number of esters is 1. The number of aromatic amines is 1. The van der Waals surface area contributed by atoms with Crippen LogP contribution in [0.4, 0.5) is 5.82 Å². The van der Waals surface area contributed by atoms with Gasteiger partial charge in [-0.1, -0.05) is 18.2 Å². The van der Waals surface area contributed by atoms with Crippen LogP contribution in [0.15, 0.2) is 42.1 Å². The van der Waals surface area contributed by atoms with E-state index in [9.17, 15) is 9.59 Å². The second kappa shape index (κ2) is 5.77. The smallest absolute Gasteiger partial charge is 0.354 e. The number of amides is 1. The standard InChI is InChI=1S/C16H15N3O3/c1-22-16(21)13-8-11-7-12(9-17-14(11)19-13)18-15(20)10-5-3-2-4-6-10/h2-8,17,19H,9H2,1H3,(H,18,20). The maximum atomic E-state index is 12.1. The Morgan fingerprint density at radius 2 is 2.00 bits per heavy atom. The summed E-state index contributed by atoms with van der Waals surface area (Å²) in [6.45, 7) is 0.465. The predicted molar refractivity (Wildman–Crippen MR) is 82.5 cm³/mol. The van der Waals surface area contributed by atoms with E-state index in [1.165, 1.54) is 7.11 Å². The Morgan fingerprint density at radius 3 is 2.73 bits per heavy atom. The fraction of sp³-hybridized carbons (Fsp3) is 0.125. The molecule has 0 fully saturated rings. The summed E-state index contributed by atoms with van der Waals surface area (Å²) >= 11 is 0. The zero-order chi connectivity index (χ0) is 15.5. The summed E-state index contributed by atoms with van der Waals surface area (Å²) in [6, 6.07) is 10.7. The van der Waals surface area contributed by atoms with E-state index in [-0.39, 0.29) is 5.91 Å². The van der Waals surface area contributed by atoms with Crippen LogP contribution < -0.4 is 10.6 Å². The van der Waals surface area contributed by atoms with Crippen molar-refractivity contribution in [2.75, 3.05) is 19.0 Å². The fourth-order valence-electron chi connectivity index (χ4n) is 2.26. The molecule has 0 saturated carbocycles. The van der Waals surface area contributed by atoms with Crippen LogP contribution >= 0.6 is 0 Å². The van der Waals surface area contributed by atoms with Gasteiger partial charge in [-0.05, 0) is 24.3 Å². The Labute approximate surface area is 127 Å². The van der Waals surface area contributed by atoms with Gasteiger partial charge in [0.25, 0.3) is 5.91 Å². The molecule has 6 heteroatoms. The van der Waals surface area contributed by atoms with E-state index in [2.05, 4.69) is 20.4 Å². The Bertz CT molecular complexity index is 747. The zero-order valence-electron chi connectivity index (χ0n) is 12.0. The summed E-state index contributed by atoms with van der Waals surface area (Å²) in [5.74, 6) is 0.137. The van der Waals surface area contributed by atoms with Crippen LogP contribution in [0, 0.1) is 0 Å². The molecule has 0 radical (unpaired) electrons. The quantitative estimate of drug-likeness (QED) is 0.757. The Balaban J connectivity index is 1.78. The second-order valence-corrected chi connectivity index (χ2v) is 4.85. The van der Waals surface area contributed by atoms with Gasteiger partial charge in [0.1, 0.15) is 11.5 Å². The monoisotopic (exact) mass is 297 g/mol. The van der Waals surface area contributed by atoms with Crippen molar-refractivity contribution in [1.29, 1.82) is 0 Å². The first kappa shape index (κ1) is 13.9. The lowest BCUT2D eigenvalue weighted by molar-refractivity contribution is 0.0594. The molecule has 0 atom stereocenters. The van der Waals surface area contributed by atoms with E-state index >= 15 is 0 Å². The molecule has 2 heterocycles. The van der Waals surface area contributed by atoms with Gasteiger partial charge >= 0.3 is 5.97 Å². The van der Waals surface area contributed by atoms with E-state index < -0.39 is 5.97 Å². The number of ether oxygens (including phenoxy) is 1. The number of nitrogens with one attached hydrogen (secondary N) is 3. The van der Waals surface area contributed by atoms with Gasteiger partial charge in [-0.3, -0.25) is 4.79 Å². The number of methoxy groups -OCH3 is 1. The first-order chi connectivity index (χ1) is 10.7. The maximum absolute atomic E-state index is 12.1. The first-order valence-electron chi connectivity index (χ1n) is 6.79. The van der Waals surface area contributed by atoms with Crippen LogP contribution in [0.2, 0.25) is 0 Å². The molecular formula is C16H15N3O3. The normalized spacial score (nSPS) is 12.7. The Kier molecular flexibility index (Phi) is 3.65. The molecular weight excluding hydrogens is 282 g/mol.